The van der Waals surface area contributed by atoms with Crippen molar-refractivity contribution >= 4 is 22.5 Å². The second-order valence-electron chi connectivity index (χ2n) is 4.87. The Bertz CT molecular complexity index is 636. The van der Waals surface area contributed by atoms with Crippen molar-refractivity contribution in [3.05, 3.63) is 36.0 Å². The zero-order chi connectivity index (χ0) is 13.4. The van der Waals surface area contributed by atoms with Gasteiger partial charge in [-0.25, -0.2) is 4.98 Å². The standard InChI is InChI=1S/C14H15N3O2/c15-11-5-13(14(19)17-6-9(7-17)8-18)16-12-4-2-1-3-10(11)12/h1-5,9,18H,6-8H2,(H2,15,16). The zero-order valence-electron chi connectivity index (χ0n) is 10.4. The Morgan fingerprint density at radius 1 is 1.42 bits per heavy atom. The summed E-state index contributed by atoms with van der Waals surface area (Å²) in [5.41, 5.74) is 7.62. The molecular weight excluding hydrogens is 242 g/mol. The molecule has 19 heavy (non-hydrogen) atoms. The predicted molar refractivity (Wildman–Crippen MR) is 72.6 cm³/mol. The van der Waals surface area contributed by atoms with Gasteiger partial charge < -0.3 is 15.7 Å². The number of aromatic nitrogens is 1. The van der Waals surface area contributed by atoms with E-state index < -0.39 is 0 Å². The van der Waals surface area contributed by atoms with Crippen molar-refractivity contribution in [1.29, 1.82) is 0 Å². The van der Waals surface area contributed by atoms with E-state index >= 15 is 0 Å². The van der Waals surface area contributed by atoms with Crippen LogP contribution >= 0.6 is 0 Å². The second kappa shape index (κ2) is 4.51. The minimum absolute atomic E-state index is 0.122. The highest BCUT2D eigenvalue weighted by molar-refractivity contribution is 5.99. The summed E-state index contributed by atoms with van der Waals surface area (Å²) in [5, 5.41) is 9.83. The smallest absolute Gasteiger partial charge is 0.272 e. The summed E-state index contributed by atoms with van der Waals surface area (Å²) in [5.74, 6) is 0.0731. The average Bonchev–Trinajstić information content (AvgIpc) is 2.37. The summed E-state index contributed by atoms with van der Waals surface area (Å²) >= 11 is 0. The van der Waals surface area contributed by atoms with Gasteiger partial charge in [0, 0.05) is 36.7 Å². The molecule has 2 aromatic rings. The number of hydrogen-bond donors (Lipinski definition) is 2. The number of carbonyl (C=O) groups excluding carboxylic acids is 1. The first-order valence-corrected chi connectivity index (χ1v) is 6.24. The molecule has 0 radical (unpaired) electrons. The molecule has 0 aliphatic carbocycles. The summed E-state index contributed by atoms with van der Waals surface area (Å²) in [6.07, 6.45) is 0. The minimum atomic E-state index is -0.123. The van der Waals surface area contributed by atoms with Crippen LogP contribution in [0.15, 0.2) is 30.3 Å². The van der Waals surface area contributed by atoms with Gasteiger partial charge in [-0.1, -0.05) is 18.2 Å². The molecule has 1 saturated heterocycles. The molecule has 1 aliphatic heterocycles. The number of anilines is 1. The Morgan fingerprint density at radius 3 is 2.89 bits per heavy atom. The first-order chi connectivity index (χ1) is 9.19. The van der Waals surface area contributed by atoms with E-state index in [0.29, 0.717) is 24.5 Å². The molecule has 1 aromatic carbocycles. The highest BCUT2D eigenvalue weighted by Gasteiger charge is 2.31. The summed E-state index contributed by atoms with van der Waals surface area (Å²) in [6, 6.07) is 9.11. The number of aliphatic hydroxyl groups is 1. The number of hydrogen-bond acceptors (Lipinski definition) is 4. The van der Waals surface area contributed by atoms with Crippen LogP contribution in [0, 0.1) is 5.92 Å². The van der Waals surface area contributed by atoms with Gasteiger partial charge in [0.1, 0.15) is 5.69 Å². The van der Waals surface area contributed by atoms with Crippen molar-refractivity contribution in [1.82, 2.24) is 9.88 Å². The summed E-state index contributed by atoms with van der Waals surface area (Å²) in [4.78, 5) is 18.2. The van der Waals surface area contributed by atoms with Crippen LogP contribution in [0.2, 0.25) is 0 Å². The lowest BCUT2D eigenvalue weighted by Crippen LogP contribution is -2.51. The molecule has 3 rings (SSSR count). The van der Waals surface area contributed by atoms with E-state index in [1.54, 1.807) is 11.0 Å². The number of likely N-dealkylation sites (tertiary alicyclic amines) is 1. The van der Waals surface area contributed by atoms with E-state index in [2.05, 4.69) is 4.98 Å². The third-order valence-electron chi connectivity index (χ3n) is 3.47. The molecule has 0 atom stereocenters. The van der Waals surface area contributed by atoms with Crippen LogP contribution in [0.3, 0.4) is 0 Å². The van der Waals surface area contributed by atoms with E-state index in [0.717, 1.165) is 10.9 Å². The summed E-state index contributed by atoms with van der Waals surface area (Å²) < 4.78 is 0. The molecule has 0 saturated carbocycles. The van der Waals surface area contributed by atoms with Crippen molar-refractivity contribution in [2.75, 3.05) is 25.4 Å². The second-order valence-corrected chi connectivity index (χ2v) is 4.87. The number of nitrogen functional groups attached to an aromatic ring is 1. The van der Waals surface area contributed by atoms with Gasteiger partial charge in [0.15, 0.2) is 0 Å². The topological polar surface area (TPSA) is 79.5 Å². The highest BCUT2D eigenvalue weighted by Crippen LogP contribution is 2.23. The molecule has 98 valence electrons. The quantitative estimate of drug-likeness (QED) is 0.837. The third kappa shape index (κ3) is 2.02. The number of pyridine rings is 1. The first kappa shape index (κ1) is 11.9. The number of nitrogens with two attached hydrogens (primary N) is 1. The van der Waals surface area contributed by atoms with Crippen LogP contribution in [-0.2, 0) is 0 Å². The fourth-order valence-electron chi connectivity index (χ4n) is 2.33. The molecule has 0 spiro atoms. The van der Waals surface area contributed by atoms with Gasteiger partial charge in [0.2, 0.25) is 0 Å². The van der Waals surface area contributed by atoms with Gasteiger partial charge in [0.25, 0.3) is 5.91 Å². The fraction of sp³-hybridized carbons (Fsp3) is 0.286. The minimum Gasteiger partial charge on any atom is -0.398 e. The number of para-hydroxylation sites is 1. The van der Waals surface area contributed by atoms with Crippen molar-refractivity contribution < 1.29 is 9.90 Å². The van der Waals surface area contributed by atoms with Crippen LogP contribution in [0.4, 0.5) is 5.69 Å². The molecule has 1 fully saturated rings. The maximum absolute atomic E-state index is 12.2. The van der Waals surface area contributed by atoms with Crippen molar-refractivity contribution in [2.24, 2.45) is 5.92 Å². The number of benzene rings is 1. The van der Waals surface area contributed by atoms with Gasteiger partial charge >= 0.3 is 0 Å². The van der Waals surface area contributed by atoms with Crippen LogP contribution < -0.4 is 5.73 Å². The van der Waals surface area contributed by atoms with Crippen molar-refractivity contribution in [3.8, 4) is 0 Å². The number of fused-ring (bicyclic) bond motifs is 1. The molecule has 2 heterocycles. The molecule has 5 heteroatoms. The Kier molecular flexibility index (Phi) is 2.83. The monoisotopic (exact) mass is 257 g/mol. The highest BCUT2D eigenvalue weighted by atomic mass is 16.3. The largest absolute Gasteiger partial charge is 0.398 e. The maximum Gasteiger partial charge on any atom is 0.272 e. The third-order valence-corrected chi connectivity index (χ3v) is 3.47. The van der Waals surface area contributed by atoms with Gasteiger partial charge in [0.05, 0.1) is 5.52 Å². The molecule has 3 N–H and O–H groups in total. The average molecular weight is 257 g/mol. The lowest BCUT2D eigenvalue weighted by molar-refractivity contribution is 0.0357. The molecule has 5 nitrogen and oxygen atoms in total. The van der Waals surface area contributed by atoms with Crippen LogP contribution in [0.25, 0.3) is 10.9 Å². The number of aliphatic hydroxyl groups excluding tert-OH is 1. The maximum atomic E-state index is 12.2. The van der Waals surface area contributed by atoms with Crippen LogP contribution in [0.1, 0.15) is 10.5 Å². The predicted octanol–water partition coefficient (Wildman–Crippen LogP) is 0.881. The molecule has 1 amide bonds. The number of amides is 1. The lowest BCUT2D eigenvalue weighted by atomic mass is 10.0. The molecule has 0 unspecified atom stereocenters. The Hall–Kier alpha value is -2.14. The Balaban J connectivity index is 1.91. The zero-order valence-corrected chi connectivity index (χ0v) is 10.4. The Labute approximate surface area is 110 Å². The normalized spacial score (nSPS) is 15.5. The van der Waals surface area contributed by atoms with E-state index in [9.17, 15) is 4.79 Å². The van der Waals surface area contributed by atoms with Crippen molar-refractivity contribution in [3.63, 3.8) is 0 Å². The molecule has 0 bridgehead atoms. The van der Waals surface area contributed by atoms with E-state index in [-0.39, 0.29) is 18.4 Å². The summed E-state index contributed by atoms with van der Waals surface area (Å²) in [7, 11) is 0. The molecular formula is C14H15N3O2. The lowest BCUT2D eigenvalue weighted by Gasteiger charge is -2.38. The van der Waals surface area contributed by atoms with E-state index in [1.165, 1.54) is 0 Å². The SMILES string of the molecule is Nc1cc(C(=O)N2CC(CO)C2)nc2ccccc12. The van der Waals surface area contributed by atoms with E-state index in [1.807, 2.05) is 24.3 Å². The van der Waals surface area contributed by atoms with Crippen molar-refractivity contribution in [2.45, 2.75) is 0 Å². The number of nitrogens with zero attached hydrogens (tertiary/aromatic N) is 2. The first-order valence-electron chi connectivity index (χ1n) is 6.24. The number of carbonyl (C=O) groups is 1. The van der Waals surface area contributed by atoms with Gasteiger partial charge in [-0.3, -0.25) is 4.79 Å². The van der Waals surface area contributed by atoms with Gasteiger partial charge in [-0.2, -0.15) is 0 Å². The van der Waals surface area contributed by atoms with Crippen LogP contribution in [0.5, 0.6) is 0 Å². The molecule has 1 aliphatic rings. The van der Waals surface area contributed by atoms with Gasteiger partial charge in [-0.15, -0.1) is 0 Å². The number of rotatable bonds is 2. The molecule has 1 aromatic heterocycles. The fourth-order valence-corrected chi connectivity index (χ4v) is 2.33. The Morgan fingerprint density at radius 2 is 2.16 bits per heavy atom. The van der Waals surface area contributed by atoms with Gasteiger partial charge in [-0.05, 0) is 12.1 Å². The summed E-state index contributed by atoms with van der Waals surface area (Å²) in [6.45, 7) is 1.30. The van der Waals surface area contributed by atoms with Crippen LogP contribution in [-0.4, -0.2) is 40.6 Å². The van der Waals surface area contributed by atoms with E-state index in [4.69, 9.17) is 10.8 Å².